The van der Waals surface area contributed by atoms with Gasteiger partial charge < -0.3 is 23.7 Å². The molecule has 0 N–H and O–H groups in total. The summed E-state index contributed by atoms with van der Waals surface area (Å²) >= 11 is 1.26. The van der Waals surface area contributed by atoms with Crippen LogP contribution in [0.2, 0.25) is 0 Å². The second-order valence-corrected chi connectivity index (χ2v) is 9.08. The molecule has 0 fully saturated rings. The van der Waals surface area contributed by atoms with E-state index in [1.807, 2.05) is 18.2 Å². The zero-order valence-electron chi connectivity index (χ0n) is 20.4. The summed E-state index contributed by atoms with van der Waals surface area (Å²) in [6, 6.07) is 9.05. The molecule has 9 nitrogen and oxygen atoms in total. The van der Waals surface area contributed by atoms with Crippen LogP contribution in [-0.4, -0.2) is 49.6 Å². The highest BCUT2D eigenvalue weighted by molar-refractivity contribution is 7.15. The van der Waals surface area contributed by atoms with Crippen LogP contribution in [0.5, 0.6) is 28.7 Å². The average Bonchev–Trinajstić information content (AvgIpc) is 3.41. The van der Waals surface area contributed by atoms with Crippen LogP contribution in [0.15, 0.2) is 35.1 Å². The molecule has 0 amide bonds. The third-order valence-corrected chi connectivity index (χ3v) is 6.12. The minimum Gasteiger partial charge on any atom is -0.493 e. The predicted molar refractivity (Wildman–Crippen MR) is 134 cm³/mol. The van der Waals surface area contributed by atoms with Crippen molar-refractivity contribution in [2.45, 2.75) is 13.8 Å². The normalized spacial score (nSPS) is 11.8. The highest BCUT2D eigenvalue weighted by atomic mass is 32.1. The first kappa shape index (κ1) is 24.3. The third-order valence-electron chi connectivity index (χ3n) is 5.16. The lowest BCUT2D eigenvalue weighted by Gasteiger charge is -2.12. The van der Waals surface area contributed by atoms with E-state index in [0.717, 1.165) is 5.56 Å². The maximum atomic E-state index is 13.0. The number of hydrogen-bond acceptors (Lipinski definition) is 9. The van der Waals surface area contributed by atoms with Crippen molar-refractivity contribution in [3.63, 3.8) is 0 Å². The molecule has 0 unspecified atom stereocenters. The Labute approximate surface area is 206 Å². The Morgan fingerprint density at radius 2 is 1.63 bits per heavy atom. The van der Waals surface area contributed by atoms with E-state index in [4.69, 9.17) is 23.7 Å². The fraction of sp³-hybridized carbons (Fsp3) is 0.320. The van der Waals surface area contributed by atoms with Crippen LogP contribution in [-0.2, 0) is 0 Å². The van der Waals surface area contributed by atoms with Crippen molar-refractivity contribution in [3.8, 4) is 40.1 Å². The Kier molecular flexibility index (Phi) is 7.11. The summed E-state index contributed by atoms with van der Waals surface area (Å²) in [5.74, 6) is 3.48. The van der Waals surface area contributed by atoms with Gasteiger partial charge in [-0.1, -0.05) is 31.3 Å². The molecule has 0 aliphatic carbocycles. The summed E-state index contributed by atoms with van der Waals surface area (Å²) < 4.78 is 29.3. The van der Waals surface area contributed by atoms with Crippen molar-refractivity contribution < 1.29 is 23.7 Å². The van der Waals surface area contributed by atoms with Crippen LogP contribution >= 0.6 is 11.3 Å². The van der Waals surface area contributed by atoms with Crippen molar-refractivity contribution in [3.05, 3.63) is 50.8 Å². The van der Waals surface area contributed by atoms with Gasteiger partial charge in [0.25, 0.3) is 5.56 Å². The van der Waals surface area contributed by atoms with Crippen LogP contribution < -0.4 is 33.8 Å². The highest BCUT2D eigenvalue weighted by Crippen LogP contribution is 2.40. The molecule has 4 rings (SSSR count). The standard InChI is InChI=1S/C25H27N3O6S/c1-14(2)13-34-17-8-7-15(9-18(17)30-3)10-21-24(29)28-25(35-21)26-23(27-28)16-11-19(31-4)22(33-6)20(12-16)32-5/h7-12,14H,13H2,1-6H3. The van der Waals surface area contributed by atoms with Gasteiger partial charge in [0.15, 0.2) is 28.8 Å². The summed E-state index contributed by atoms with van der Waals surface area (Å²) in [5, 5.41) is 4.43. The quantitative estimate of drug-likeness (QED) is 0.347. The number of fused-ring (bicyclic) bond motifs is 1. The summed E-state index contributed by atoms with van der Waals surface area (Å²) in [4.78, 5) is 18.1. The SMILES string of the molecule is COc1cc(C=c2sc3nc(-c4cc(OC)c(OC)c(OC)c4)nn3c2=O)ccc1OCC(C)C. The van der Waals surface area contributed by atoms with Gasteiger partial charge in [0.2, 0.25) is 10.7 Å². The smallest absolute Gasteiger partial charge is 0.291 e. The van der Waals surface area contributed by atoms with E-state index in [1.165, 1.54) is 37.2 Å². The van der Waals surface area contributed by atoms with Crippen LogP contribution in [0, 0.1) is 5.92 Å². The maximum Gasteiger partial charge on any atom is 0.291 e. The van der Waals surface area contributed by atoms with Gasteiger partial charge in [-0.25, -0.2) is 0 Å². The molecule has 2 heterocycles. The number of hydrogen-bond donors (Lipinski definition) is 0. The molecule has 0 radical (unpaired) electrons. The second-order valence-electron chi connectivity index (χ2n) is 8.07. The molecule has 2 aromatic heterocycles. The van der Waals surface area contributed by atoms with Gasteiger partial charge in [0.05, 0.1) is 39.6 Å². The summed E-state index contributed by atoms with van der Waals surface area (Å²) in [6.07, 6.45) is 1.79. The molecule has 10 heteroatoms. The van der Waals surface area contributed by atoms with Gasteiger partial charge in [0, 0.05) is 5.56 Å². The van der Waals surface area contributed by atoms with Crippen molar-refractivity contribution in [1.82, 2.24) is 14.6 Å². The fourth-order valence-electron chi connectivity index (χ4n) is 3.47. The highest BCUT2D eigenvalue weighted by Gasteiger charge is 2.18. The molecule has 2 aromatic carbocycles. The van der Waals surface area contributed by atoms with Gasteiger partial charge in [0.1, 0.15) is 0 Å². The van der Waals surface area contributed by atoms with E-state index in [9.17, 15) is 4.79 Å². The first-order chi connectivity index (χ1) is 16.9. The van der Waals surface area contributed by atoms with E-state index < -0.39 is 0 Å². The summed E-state index contributed by atoms with van der Waals surface area (Å²) in [6.45, 7) is 4.75. The molecule has 0 atom stereocenters. The number of thiazole rings is 1. The molecule has 0 spiro atoms. The van der Waals surface area contributed by atoms with Gasteiger partial charge >= 0.3 is 0 Å². The number of methoxy groups -OCH3 is 4. The minimum absolute atomic E-state index is 0.254. The third kappa shape index (κ3) is 4.88. The van der Waals surface area contributed by atoms with Crippen molar-refractivity contribution in [1.29, 1.82) is 0 Å². The zero-order chi connectivity index (χ0) is 25.1. The minimum atomic E-state index is -0.254. The first-order valence-electron chi connectivity index (χ1n) is 10.9. The average molecular weight is 498 g/mol. The molecule has 0 saturated carbocycles. The van der Waals surface area contributed by atoms with E-state index in [0.29, 0.717) is 62.2 Å². The van der Waals surface area contributed by atoms with Crippen molar-refractivity contribution in [2.24, 2.45) is 5.92 Å². The monoisotopic (exact) mass is 497 g/mol. The molecule has 0 aliphatic heterocycles. The topological polar surface area (TPSA) is 93.4 Å². The Morgan fingerprint density at radius 1 is 0.943 bits per heavy atom. The molecular formula is C25H27N3O6S. The number of ether oxygens (including phenoxy) is 5. The van der Waals surface area contributed by atoms with Crippen molar-refractivity contribution in [2.75, 3.05) is 35.0 Å². The van der Waals surface area contributed by atoms with E-state index in [1.54, 1.807) is 25.3 Å². The lowest BCUT2D eigenvalue weighted by molar-refractivity contribution is 0.257. The molecule has 0 saturated heterocycles. The summed E-state index contributed by atoms with van der Waals surface area (Å²) in [5.41, 5.74) is 1.20. The Hall–Kier alpha value is -3.79. The second kappa shape index (κ2) is 10.2. The van der Waals surface area contributed by atoms with Crippen LogP contribution in [0.4, 0.5) is 0 Å². The molecule has 0 bridgehead atoms. The van der Waals surface area contributed by atoms with Gasteiger partial charge in [-0.15, -0.1) is 5.10 Å². The number of nitrogens with zero attached hydrogens (tertiary/aromatic N) is 3. The number of aromatic nitrogens is 3. The Morgan fingerprint density at radius 3 is 2.20 bits per heavy atom. The van der Waals surface area contributed by atoms with Crippen molar-refractivity contribution >= 4 is 22.4 Å². The van der Waals surface area contributed by atoms with Gasteiger partial charge in [-0.3, -0.25) is 4.79 Å². The van der Waals surface area contributed by atoms with Gasteiger partial charge in [-0.2, -0.15) is 9.50 Å². The van der Waals surface area contributed by atoms with E-state index in [2.05, 4.69) is 23.9 Å². The van der Waals surface area contributed by atoms with Gasteiger partial charge in [-0.05, 0) is 41.8 Å². The molecule has 0 aliphatic rings. The number of rotatable bonds is 9. The summed E-state index contributed by atoms with van der Waals surface area (Å²) in [7, 11) is 6.20. The molecular weight excluding hydrogens is 470 g/mol. The lowest BCUT2D eigenvalue weighted by atomic mass is 10.1. The zero-order valence-corrected chi connectivity index (χ0v) is 21.3. The maximum absolute atomic E-state index is 13.0. The van der Waals surface area contributed by atoms with Crippen LogP contribution in [0.3, 0.4) is 0 Å². The number of benzene rings is 2. The first-order valence-corrected chi connectivity index (χ1v) is 11.7. The predicted octanol–water partition coefficient (Wildman–Crippen LogP) is 3.43. The Balaban J connectivity index is 1.70. The van der Waals surface area contributed by atoms with E-state index >= 15 is 0 Å². The lowest BCUT2D eigenvalue weighted by Crippen LogP contribution is -2.23. The van der Waals surface area contributed by atoms with Crippen LogP contribution in [0.25, 0.3) is 22.4 Å². The molecule has 184 valence electrons. The fourth-order valence-corrected chi connectivity index (χ4v) is 4.38. The van der Waals surface area contributed by atoms with Crippen LogP contribution in [0.1, 0.15) is 19.4 Å². The Bertz CT molecular complexity index is 1440. The molecule has 4 aromatic rings. The largest absolute Gasteiger partial charge is 0.493 e. The van der Waals surface area contributed by atoms with E-state index in [-0.39, 0.29) is 5.56 Å². The molecule has 35 heavy (non-hydrogen) atoms.